The Kier molecular flexibility index (Phi) is 5.51. The molecule has 0 saturated carbocycles. The van der Waals surface area contributed by atoms with Crippen LogP contribution in [0.1, 0.15) is 33.2 Å². The first-order valence-corrected chi connectivity index (χ1v) is 7.57. The van der Waals surface area contributed by atoms with Crippen LogP contribution in [-0.2, 0) is 9.59 Å². The zero-order chi connectivity index (χ0) is 16.8. The SMILES string of the molecule is CC(C)C[C@H](NC(=O)[C@H](C)n1cccn1)C(=O)Nc1ccn[nH]1. The Balaban J connectivity index is 2.02. The number of anilines is 1. The average molecular weight is 318 g/mol. The fraction of sp³-hybridized carbons (Fsp3) is 0.467. The van der Waals surface area contributed by atoms with Gasteiger partial charge >= 0.3 is 0 Å². The van der Waals surface area contributed by atoms with Crippen LogP contribution in [0.25, 0.3) is 0 Å². The number of hydrogen-bond acceptors (Lipinski definition) is 4. The minimum atomic E-state index is -0.621. The van der Waals surface area contributed by atoms with Crippen LogP contribution in [-0.4, -0.2) is 37.8 Å². The van der Waals surface area contributed by atoms with Gasteiger partial charge in [0.1, 0.15) is 17.9 Å². The number of H-pyrrole nitrogens is 1. The second-order valence-corrected chi connectivity index (χ2v) is 5.81. The molecule has 8 heteroatoms. The molecule has 3 N–H and O–H groups in total. The van der Waals surface area contributed by atoms with Gasteiger partial charge in [0.15, 0.2) is 0 Å². The lowest BCUT2D eigenvalue weighted by molar-refractivity contribution is -0.128. The fourth-order valence-corrected chi connectivity index (χ4v) is 2.17. The molecular formula is C15H22N6O2. The zero-order valence-corrected chi connectivity index (χ0v) is 13.5. The van der Waals surface area contributed by atoms with Gasteiger partial charge in [-0.3, -0.25) is 19.4 Å². The second kappa shape index (κ2) is 7.57. The number of hydrogen-bond donors (Lipinski definition) is 3. The van der Waals surface area contributed by atoms with E-state index in [2.05, 4.69) is 25.9 Å². The largest absolute Gasteiger partial charge is 0.342 e. The maximum absolute atomic E-state index is 12.4. The van der Waals surface area contributed by atoms with Crippen molar-refractivity contribution in [3.63, 3.8) is 0 Å². The summed E-state index contributed by atoms with van der Waals surface area (Å²) in [6.07, 6.45) is 5.41. The number of rotatable bonds is 7. The molecule has 0 aromatic carbocycles. The Morgan fingerprint density at radius 1 is 1.26 bits per heavy atom. The summed E-state index contributed by atoms with van der Waals surface area (Å²) in [7, 11) is 0. The van der Waals surface area contributed by atoms with E-state index in [1.54, 1.807) is 42.3 Å². The van der Waals surface area contributed by atoms with Crippen molar-refractivity contribution in [3.05, 3.63) is 30.7 Å². The molecule has 2 aromatic heterocycles. The molecule has 0 radical (unpaired) electrons. The standard InChI is InChI=1S/C15H22N6O2/c1-10(2)9-12(15(23)19-13-5-7-16-20-13)18-14(22)11(3)21-8-4-6-17-21/h4-8,10-12H,9H2,1-3H3,(H,18,22)(H2,16,19,20,23)/t11-,12-/m0/s1. The summed E-state index contributed by atoms with van der Waals surface area (Å²) in [5.41, 5.74) is 0. The van der Waals surface area contributed by atoms with Gasteiger partial charge < -0.3 is 10.6 Å². The van der Waals surface area contributed by atoms with Gasteiger partial charge in [0.2, 0.25) is 11.8 Å². The number of nitrogens with zero attached hydrogens (tertiary/aromatic N) is 3. The molecule has 2 rings (SSSR count). The Morgan fingerprint density at radius 3 is 2.61 bits per heavy atom. The lowest BCUT2D eigenvalue weighted by Crippen LogP contribution is -2.46. The third kappa shape index (κ3) is 4.67. The van der Waals surface area contributed by atoms with E-state index in [0.29, 0.717) is 12.2 Å². The quantitative estimate of drug-likeness (QED) is 0.716. The van der Waals surface area contributed by atoms with E-state index in [9.17, 15) is 9.59 Å². The van der Waals surface area contributed by atoms with Crippen molar-refractivity contribution in [2.45, 2.75) is 39.3 Å². The summed E-state index contributed by atoms with van der Waals surface area (Å²) in [5, 5.41) is 16.0. The zero-order valence-electron chi connectivity index (χ0n) is 13.5. The molecule has 2 heterocycles. The normalized spacial score (nSPS) is 13.6. The van der Waals surface area contributed by atoms with Crippen LogP contribution >= 0.6 is 0 Å². The van der Waals surface area contributed by atoms with Crippen LogP contribution in [0.2, 0.25) is 0 Å². The van der Waals surface area contributed by atoms with E-state index >= 15 is 0 Å². The monoisotopic (exact) mass is 318 g/mol. The molecule has 23 heavy (non-hydrogen) atoms. The van der Waals surface area contributed by atoms with Crippen LogP contribution in [0.15, 0.2) is 30.7 Å². The lowest BCUT2D eigenvalue weighted by atomic mass is 10.0. The van der Waals surface area contributed by atoms with Gasteiger partial charge in [-0.25, -0.2) is 0 Å². The molecule has 0 fully saturated rings. The van der Waals surface area contributed by atoms with Gasteiger partial charge in [-0.2, -0.15) is 10.2 Å². The van der Waals surface area contributed by atoms with Crippen molar-refractivity contribution in [1.29, 1.82) is 0 Å². The molecule has 0 unspecified atom stereocenters. The number of carbonyl (C=O) groups is 2. The predicted octanol–water partition coefficient (Wildman–Crippen LogP) is 1.34. The highest BCUT2D eigenvalue weighted by atomic mass is 16.2. The van der Waals surface area contributed by atoms with E-state index in [1.165, 1.54) is 0 Å². The van der Waals surface area contributed by atoms with E-state index in [4.69, 9.17) is 0 Å². The lowest BCUT2D eigenvalue weighted by Gasteiger charge is -2.22. The molecule has 8 nitrogen and oxygen atoms in total. The van der Waals surface area contributed by atoms with Gasteiger partial charge in [0.05, 0.1) is 6.20 Å². The summed E-state index contributed by atoms with van der Waals surface area (Å²) in [6, 6.07) is 2.29. The molecule has 0 spiro atoms. The summed E-state index contributed by atoms with van der Waals surface area (Å²) in [6.45, 7) is 5.74. The van der Waals surface area contributed by atoms with Crippen LogP contribution in [0, 0.1) is 5.92 Å². The van der Waals surface area contributed by atoms with Gasteiger partial charge in [-0.1, -0.05) is 13.8 Å². The summed E-state index contributed by atoms with van der Waals surface area (Å²) < 4.78 is 1.55. The van der Waals surface area contributed by atoms with Crippen molar-refractivity contribution < 1.29 is 9.59 Å². The van der Waals surface area contributed by atoms with Crippen molar-refractivity contribution in [2.24, 2.45) is 5.92 Å². The van der Waals surface area contributed by atoms with Crippen molar-refractivity contribution in [1.82, 2.24) is 25.3 Å². The summed E-state index contributed by atoms with van der Waals surface area (Å²) in [5.74, 6) is 0.231. The number of carbonyl (C=O) groups excluding carboxylic acids is 2. The van der Waals surface area contributed by atoms with Crippen LogP contribution in [0.4, 0.5) is 5.82 Å². The number of aromatic amines is 1. The number of amides is 2. The van der Waals surface area contributed by atoms with Gasteiger partial charge in [0, 0.05) is 18.5 Å². The third-order valence-corrected chi connectivity index (χ3v) is 3.40. The predicted molar refractivity (Wildman–Crippen MR) is 85.5 cm³/mol. The molecule has 124 valence electrons. The minimum absolute atomic E-state index is 0.251. The van der Waals surface area contributed by atoms with Crippen molar-refractivity contribution >= 4 is 17.6 Å². The first-order chi connectivity index (χ1) is 11.0. The van der Waals surface area contributed by atoms with E-state index in [0.717, 1.165) is 0 Å². The molecule has 0 aliphatic carbocycles. The highest BCUT2D eigenvalue weighted by Crippen LogP contribution is 2.10. The van der Waals surface area contributed by atoms with Crippen LogP contribution in [0.5, 0.6) is 0 Å². The molecule has 0 saturated heterocycles. The van der Waals surface area contributed by atoms with Crippen molar-refractivity contribution in [3.8, 4) is 0 Å². The van der Waals surface area contributed by atoms with Gasteiger partial charge in [-0.15, -0.1) is 0 Å². The molecule has 0 bridgehead atoms. The maximum atomic E-state index is 12.4. The van der Waals surface area contributed by atoms with E-state index in [1.807, 2.05) is 13.8 Å². The van der Waals surface area contributed by atoms with E-state index in [-0.39, 0.29) is 17.7 Å². The summed E-state index contributed by atoms with van der Waals surface area (Å²) >= 11 is 0. The Bertz CT molecular complexity index is 620. The molecule has 2 atom stereocenters. The molecule has 0 aliphatic heterocycles. The Labute approximate surface area is 134 Å². The van der Waals surface area contributed by atoms with Gasteiger partial charge in [-0.05, 0) is 25.3 Å². The second-order valence-electron chi connectivity index (χ2n) is 5.81. The molecular weight excluding hydrogens is 296 g/mol. The van der Waals surface area contributed by atoms with Crippen LogP contribution in [0.3, 0.4) is 0 Å². The first kappa shape index (κ1) is 16.7. The average Bonchev–Trinajstić information content (AvgIpc) is 3.18. The Hall–Kier alpha value is -2.64. The fourth-order valence-electron chi connectivity index (χ4n) is 2.17. The first-order valence-electron chi connectivity index (χ1n) is 7.57. The highest BCUT2D eigenvalue weighted by molar-refractivity contribution is 5.96. The van der Waals surface area contributed by atoms with Gasteiger partial charge in [0.25, 0.3) is 0 Å². The minimum Gasteiger partial charge on any atom is -0.342 e. The summed E-state index contributed by atoms with van der Waals surface area (Å²) in [4.78, 5) is 24.8. The topological polar surface area (TPSA) is 105 Å². The number of nitrogens with one attached hydrogen (secondary N) is 3. The highest BCUT2D eigenvalue weighted by Gasteiger charge is 2.25. The molecule has 2 aromatic rings. The number of aromatic nitrogens is 4. The van der Waals surface area contributed by atoms with Crippen molar-refractivity contribution in [2.75, 3.05) is 5.32 Å². The smallest absolute Gasteiger partial charge is 0.248 e. The van der Waals surface area contributed by atoms with Crippen LogP contribution < -0.4 is 10.6 Å². The Morgan fingerprint density at radius 2 is 2.04 bits per heavy atom. The van der Waals surface area contributed by atoms with E-state index < -0.39 is 12.1 Å². The molecule has 2 amide bonds. The maximum Gasteiger partial charge on any atom is 0.248 e. The molecule has 0 aliphatic rings. The third-order valence-electron chi connectivity index (χ3n) is 3.40.